The maximum atomic E-state index is 11.7. The van der Waals surface area contributed by atoms with Crippen molar-refractivity contribution in [2.75, 3.05) is 5.73 Å². The average molecular weight is 255 g/mol. The second kappa shape index (κ2) is 4.23. The van der Waals surface area contributed by atoms with E-state index in [-0.39, 0.29) is 11.5 Å². The Labute approximate surface area is 111 Å². The molecule has 1 heterocycles. The number of hydrogen-bond donors (Lipinski definition) is 1. The van der Waals surface area contributed by atoms with Crippen molar-refractivity contribution in [3.8, 4) is 0 Å². The van der Waals surface area contributed by atoms with Crippen molar-refractivity contribution in [1.82, 2.24) is 9.55 Å². The van der Waals surface area contributed by atoms with E-state index in [1.807, 2.05) is 0 Å². The molecule has 98 valence electrons. The summed E-state index contributed by atoms with van der Waals surface area (Å²) in [6.45, 7) is 2.09. The average Bonchev–Trinajstić information content (AvgIpc) is 3.15. The van der Waals surface area contributed by atoms with Crippen LogP contribution < -0.4 is 11.3 Å². The van der Waals surface area contributed by atoms with Crippen molar-refractivity contribution in [3.63, 3.8) is 0 Å². The molecule has 0 aliphatic heterocycles. The molecule has 2 N–H and O–H groups in total. The van der Waals surface area contributed by atoms with Gasteiger partial charge in [0.1, 0.15) is 0 Å². The Morgan fingerprint density at radius 2 is 2.11 bits per heavy atom. The highest BCUT2D eigenvalue weighted by Crippen LogP contribution is 2.53. The van der Waals surface area contributed by atoms with Gasteiger partial charge in [0, 0.05) is 19.0 Å². The van der Waals surface area contributed by atoms with Crippen LogP contribution in [0.25, 0.3) is 0 Å². The van der Waals surface area contributed by atoms with E-state index in [4.69, 9.17) is 5.73 Å². The Kier molecular flexibility index (Phi) is 2.66. The minimum Gasteiger partial charge on any atom is -0.369 e. The van der Waals surface area contributed by atoms with E-state index < -0.39 is 0 Å². The largest absolute Gasteiger partial charge is 0.369 e. The molecule has 0 amide bonds. The molecule has 1 saturated carbocycles. The van der Waals surface area contributed by atoms with E-state index >= 15 is 0 Å². The third kappa shape index (κ3) is 2.14. The molecule has 1 fully saturated rings. The van der Waals surface area contributed by atoms with Crippen LogP contribution >= 0.6 is 0 Å². The number of anilines is 1. The molecule has 2 atom stereocenters. The standard InChI is InChI=1S/C15H17N3O/c1-9-4-3-5-10(6-9)11-7-12(11)13-8-14(19)18(2)15(16)17-13/h3-6,8,11-12H,7H2,1-2H3,(H2,16,17)/t11-,12-/m0/s1. The van der Waals surface area contributed by atoms with Gasteiger partial charge < -0.3 is 5.73 Å². The maximum absolute atomic E-state index is 11.7. The van der Waals surface area contributed by atoms with E-state index in [1.54, 1.807) is 13.1 Å². The topological polar surface area (TPSA) is 60.9 Å². The molecule has 0 bridgehead atoms. The van der Waals surface area contributed by atoms with Gasteiger partial charge in [0.2, 0.25) is 5.95 Å². The zero-order valence-corrected chi connectivity index (χ0v) is 11.1. The lowest BCUT2D eigenvalue weighted by molar-refractivity contribution is 0.813. The molecule has 4 nitrogen and oxygen atoms in total. The van der Waals surface area contributed by atoms with Gasteiger partial charge in [0.15, 0.2) is 0 Å². The Morgan fingerprint density at radius 1 is 1.32 bits per heavy atom. The van der Waals surface area contributed by atoms with E-state index in [1.165, 1.54) is 15.7 Å². The van der Waals surface area contributed by atoms with Crippen LogP contribution in [0.4, 0.5) is 5.95 Å². The first-order valence-corrected chi connectivity index (χ1v) is 6.46. The number of hydrogen-bond acceptors (Lipinski definition) is 3. The van der Waals surface area contributed by atoms with Crippen LogP contribution in [0.5, 0.6) is 0 Å². The third-order valence-corrected chi connectivity index (χ3v) is 3.83. The summed E-state index contributed by atoms with van der Waals surface area (Å²) in [5, 5.41) is 0. The Hall–Kier alpha value is -2.10. The number of aryl methyl sites for hydroxylation is 1. The molecule has 1 aromatic heterocycles. The summed E-state index contributed by atoms with van der Waals surface area (Å²) < 4.78 is 1.37. The summed E-state index contributed by atoms with van der Waals surface area (Å²) in [5.74, 6) is 1.09. The Balaban J connectivity index is 1.89. The minimum atomic E-state index is -0.0857. The number of benzene rings is 1. The molecule has 0 spiro atoms. The van der Waals surface area contributed by atoms with Crippen molar-refractivity contribution in [2.45, 2.75) is 25.2 Å². The molecular weight excluding hydrogens is 238 g/mol. The Morgan fingerprint density at radius 3 is 2.79 bits per heavy atom. The van der Waals surface area contributed by atoms with Gasteiger partial charge in [-0.3, -0.25) is 9.36 Å². The van der Waals surface area contributed by atoms with Gasteiger partial charge in [-0.2, -0.15) is 0 Å². The number of nitrogens with zero attached hydrogens (tertiary/aromatic N) is 2. The fraction of sp³-hybridized carbons (Fsp3) is 0.333. The third-order valence-electron chi connectivity index (χ3n) is 3.83. The zero-order valence-electron chi connectivity index (χ0n) is 11.1. The van der Waals surface area contributed by atoms with Crippen LogP contribution in [0.15, 0.2) is 35.1 Å². The fourth-order valence-corrected chi connectivity index (χ4v) is 2.56. The molecule has 19 heavy (non-hydrogen) atoms. The number of rotatable bonds is 2. The molecule has 2 aromatic rings. The first-order valence-electron chi connectivity index (χ1n) is 6.46. The summed E-state index contributed by atoms with van der Waals surface area (Å²) in [6.07, 6.45) is 1.04. The van der Waals surface area contributed by atoms with E-state index in [0.29, 0.717) is 11.8 Å². The highest BCUT2D eigenvalue weighted by atomic mass is 16.1. The van der Waals surface area contributed by atoms with E-state index in [2.05, 4.69) is 36.2 Å². The summed E-state index contributed by atoms with van der Waals surface area (Å²) in [4.78, 5) is 16.1. The molecule has 1 aromatic carbocycles. The molecule has 0 saturated heterocycles. The quantitative estimate of drug-likeness (QED) is 0.892. The molecule has 3 rings (SSSR count). The van der Waals surface area contributed by atoms with Crippen LogP contribution in [-0.4, -0.2) is 9.55 Å². The first kappa shape index (κ1) is 12.0. The zero-order chi connectivity index (χ0) is 13.6. The summed E-state index contributed by atoms with van der Waals surface area (Å²) in [6, 6.07) is 10.1. The van der Waals surface area contributed by atoms with E-state index in [9.17, 15) is 4.79 Å². The smallest absolute Gasteiger partial charge is 0.254 e. The predicted octanol–water partition coefficient (Wildman–Crippen LogP) is 1.94. The van der Waals surface area contributed by atoms with Gasteiger partial charge in [0.25, 0.3) is 5.56 Å². The van der Waals surface area contributed by atoms with Gasteiger partial charge in [-0.15, -0.1) is 0 Å². The Bertz CT molecular complexity index is 690. The highest BCUT2D eigenvalue weighted by molar-refractivity contribution is 5.36. The summed E-state index contributed by atoms with van der Waals surface area (Å²) in [5.41, 5.74) is 9.08. The number of aromatic nitrogens is 2. The van der Waals surface area contributed by atoms with Crippen LogP contribution in [0.2, 0.25) is 0 Å². The molecule has 4 heteroatoms. The SMILES string of the molecule is Cc1cccc([C@@H]2C[C@@H]2c2cc(=O)n(C)c(N)n2)c1. The van der Waals surface area contributed by atoms with Crippen molar-refractivity contribution < 1.29 is 0 Å². The van der Waals surface area contributed by atoms with Gasteiger partial charge >= 0.3 is 0 Å². The molecular formula is C15H17N3O. The monoisotopic (exact) mass is 255 g/mol. The lowest BCUT2D eigenvalue weighted by Crippen LogP contribution is -2.21. The van der Waals surface area contributed by atoms with Crippen molar-refractivity contribution in [1.29, 1.82) is 0 Å². The predicted molar refractivity (Wildman–Crippen MR) is 75.2 cm³/mol. The second-order valence-electron chi connectivity index (χ2n) is 5.30. The lowest BCUT2D eigenvalue weighted by Gasteiger charge is -2.05. The molecule has 0 unspecified atom stereocenters. The van der Waals surface area contributed by atoms with Gasteiger partial charge in [0.05, 0.1) is 5.69 Å². The normalized spacial score (nSPS) is 21.4. The van der Waals surface area contributed by atoms with Crippen molar-refractivity contribution in [2.24, 2.45) is 7.05 Å². The lowest BCUT2D eigenvalue weighted by atomic mass is 10.1. The van der Waals surface area contributed by atoms with Crippen LogP contribution in [-0.2, 0) is 7.05 Å². The van der Waals surface area contributed by atoms with Gasteiger partial charge in [-0.25, -0.2) is 4.98 Å². The highest BCUT2D eigenvalue weighted by Gasteiger charge is 2.41. The van der Waals surface area contributed by atoms with Crippen LogP contribution in [0.1, 0.15) is 35.1 Å². The fourth-order valence-electron chi connectivity index (χ4n) is 2.56. The number of nitrogen functional groups attached to an aromatic ring is 1. The minimum absolute atomic E-state index is 0.0857. The number of nitrogens with two attached hydrogens (primary N) is 1. The summed E-state index contributed by atoms with van der Waals surface area (Å²) >= 11 is 0. The van der Waals surface area contributed by atoms with Crippen molar-refractivity contribution in [3.05, 3.63) is 57.5 Å². The maximum Gasteiger partial charge on any atom is 0.254 e. The summed E-state index contributed by atoms with van der Waals surface area (Å²) in [7, 11) is 1.64. The first-order chi connectivity index (χ1) is 9.06. The molecule has 0 radical (unpaired) electrons. The molecule has 1 aliphatic carbocycles. The van der Waals surface area contributed by atoms with E-state index in [0.717, 1.165) is 12.1 Å². The molecule has 1 aliphatic rings. The van der Waals surface area contributed by atoms with Crippen LogP contribution in [0, 0.1) is 6.92 Å². The van der Waals surface area contributed by atoms with Crippen molar-refractivity contribution >= 4 is 5.95 Å². The van der Waals surface area contributed by atoms with Crippen LogP contribution in [0.3, 0.4) is 0 Å². The second-order valence-corrected chi connectivity index (χ2v) is 5.30. The van der Waals surface area contributed by atoms with Gasteiger partial charge in [-0.1, -0.05) is 29.8 Å². The van der Waals surface area contributed by atoms with Gasteiger partial charge in [-0.05, 0) is 24.8 Å².